The van der Waals surface area contributed by atoms with Crippen LogP contribution in [-0.4, -0.2) is 16.9 Å². The fraction of sp³-hybridized carbons (Fsp3) is 0.103. The number of hydroxylamine groups is 1. The Labute approximate surface area is 224 Å². The molecule has 2 N–H and O–H groups in total. The Morgan fingerprint density at radius 1 is 0.865 bits per heavy atom. The summed E-state index contributed by atoms with van der Waals surface area (Å²) in [7, 11) is 0. The van der Waals surface area contributed by atoms with Crippen LogP contribution in [0.25, 0.3) is 0 Å². The molecule has 0 fully saturated rings. The Morgan fingerprint density at radius 2 is 1.49 bits per heavy atom. The van der Waals surface area contributed by atoms with Gasteiger partial charge in [0, 0.05) is 15.6 Å². The summed E-state index contributed by atoms with van der Waals surface area (Å²) in [6.45, 7) is 0.130. The number of amides is 2. The molecule has 1 heterocycles. The van der Waals surface area contributed by atoms with Gasteiger partial charge in [0.1, 0.15) is 5.75 Å². The van der Waals surface area contributed by atoms with Crippen molar-refractivity contribution in [1.29, 1.82) is 0 Å². The Bertz CT molecular complexity index is 1440. The summed E-state index contributed by atoms with van der Waals surface area (Å²) < 4.78 is 0. The van der Waals surface area contributed by atoms with Crippen molar-refractivity contribution < 1.29 is 19.5 Å². The number of nitrogens with zero attached hydrogens (tertiary/aromatic N) is 1. The molecule has 0 aliphatic carbocycles. The highest BCUT2D eigenvalue weighted by Gasteiger charge is 2.45. The number of hydrogen-bond acceptors (Lipinski definition) is 4. The van der Waals surface area contributed by atoms with Crippen LogP contribution < -0.4 is 10.4 Å². The van der Waals surface area contributed by atoms with Gasteiger partial charge >= 0.3 is 0 Å². The monoisotopic (exact) mass is 532 g/mol. The van der Waals surface area contributed by atoms with Crippen LogP contribution in [0.3, 0.4) is 0 Å². The molecule has 8 heteroatoms. The van der Waals surface area contributed by atoms with E-state index in [2.05, 4.69) is 5.48 Å². The lowest BCUT2D eigenvalue weighted by Gasteiger charge is -2.41. The molecule has 1 aliphatic rings. The van der Waals surface area contributed by atoms with Crippen molar-refractivity contribution >= 4 is 40.7 Å². The molecule has 0 saturated heterocycles. The van der Waals surface area contributed by atoms with Crippen LogP contribution in [0.4, 0.5) is 5.69 Å². The lowest BCUT2D eigenvalue weighted by atomic mass is 9.79. The lowest BCUT2D eigenvalue weighted by Crippen LogP contribution is -2.47. The first-order valence-electron chi connectivity index (χ1n) is 11.6. The number of fused-ring (bicyclic) bond motifs is 1. The quantitative estimate of drug-likeness (QED) is 0.280. The van der Waals surface area contributed by atoms with Gasteiger partial charge in [0.15, 0.2) is 0 Å². The van der Waals surface area contributed by atoms with Gasteiger partial charge in [-0.3, -0.25) is 19.3 Å². The second-order valence-electron chi connectivity index (χ2n) is 8.61. The van der Waals surface area contributed by atoms with Gasteiger partial charge in [-0.05, 0) is 59.2 Å². The first kappa shape index (κ1) is 24.8. The second kappa shape index (κ2) is 10.6. The molecule has 1 aliphatic heterocycles. The predicted octanol–water partition coefficient (Wildman–Crippen LogP) is 6.43. The number of para-hydroxylation sites is 2. The highest BCUT2D eigenvalue weighted by atomic mass is 35.5. The molecule has 0 saturated carbocycles. The second-order valence-corrected chi connectivity index (χ2v) is 9.48. The summed E-state index contributed by atoms with van der Waals surface area (Å²) in [5.41, 5.74) is 5.30. The van der Waals surface area contributed by atoms with Gasteiger partial charge in [0.05, 0.1) is 24.3 Å². The van der Waals surface area contributed by atoms with Crippen molar-refractivity contribution in [3.8, 4) is 5.75 Å². The van der Waals surface area contributed by atoms with Crippen LogP contribution in [0.15, 0.2) is 97.1 Å². The molecule has 2 amide bonds. The number of carbonyl (C=O) groups is 2. The van der Waals surface area contributed by atoms with Gasteiger partial charge in [-0.25, -0.2) is 5.48 Å². The molecule has 186 valence electrons. The van der Waals surface area contributed by atoms with E-state index in [0.717, 1.165) is 5.56 Å². The number of phenolic OH excluding ortho intramolecular Hbond substituents is 1. The maximum absolute atomic E-state index is 13.8. The minimum atomic E-state index is -0.847. The molecule has 0 aromatic heterocycles. The number of benzene rings is 4. The number of nitrogens with one attached hydrogen (secondary N) is 1. The Kier molecular flexibility index (Phi) is 7.15. The lowest BCUT2D eigenvalue weighted by molar-refractivity contribution is -0.136. The van der Waals surface area contributed by atoms with Gasteiger partial charge in [0.25, 0.3) is 11.8 Å². The maximum Gasteiger partial charge on any atom is 0.259 e. The normalized spacial score (nSPS) is 16.8. The Balaban J connectivity index is 1.57. The minimum Gasteiger partial charge on any atom is -0.506 e. The third-order valence-corrected chi connectivity index (χ3v) is 6.80. The fourth-order valence-corrected chi connectivity index (χ4v) is 4.84. The number of phenols is 1. The highest BCUT2D eigenvalue weighted by molar-refractivity contribution is 6.30. The first-order valence-corrected chi connectivity index (χ1v) is 12.3. The van der Waals surface area contributed by atoms with E-state index in [1.807, 2.05) is 0 Å². The molecule has 5 rings (SSSR count). The summed E-state index contributed by atoms with van der Waals surface area (Å²) in [5, 5.41) is 11.8. The van der Waals surface area contributed by atoms with E-state index in [9.17, 15) is 14.7 Å². The van der Waals surface area contributed by atoms with Crippen molar-refractivity contribution in [2.24, 2.45) is 0 Å². The summed E-state index contributed by atoms with van der Waals surface area (Å²) in [4.78, 5) is 34.6. The largest absolute Gasteiger partial charge is 0.506 e. The van der Waals surface area contributed by atoms with E-state index < -0.39 is 17.9 Å². The Morgan fingerprint density at radius 3 is 2.19 bits per heavy atom. The van der Waals surface area contributed by atoms with Crippen molar-refractivity contribution in [2.75, 3.05) is 4.90 Å². The third-order valence-electron chi connectivity index (χ3n) is 6.30. The molecule has 6 nitrogen and oxygen atoms in total. The first-order chi connectivity index (χ1) is 17.9. The summed E-state index contributed by atoms with van der Waals surface area (Å²) in [5.74, 6) is -1.69. The van der Waals surface area contributed by atoms with Crippen LogP contribution in [0.1, 0.15) is 39.0 Å². The zero-order valence-electron chi connectivity index (χ0n) is 19.5. The minimum absolute atomic E-state index is 0.0765. The van der Waals surface area contributed by atoms with E-state index in [-0.39, 0.29) is 18.3 Å². The summed E-state index contributed by atoms with van der Waals surface area (Å²) in [6, 6.07) is 26.8. The van der Waals surface area contributed by atoms with E-state index in [1.54, 1.807) is 91.0 Å². The van der Waals surface area contributed by atoms with Crippen LogP contribution in [0, 0.1) is 0 Å². The number of anilines is 1. The van der Waals surface area contributed by atoms with Crippen molar-refractivity contribution in [3.63, 3.8) is 0 Å². The van der Waals surface area contributed by atoms with Crippen molar-refractivity contribution in [1.82, 2.24) is 5.48 Å². The third kappa shape index (κ3) is 5.04. The number of halogens is 2. The van der Waals surface area contributed by atoms with Crippen LogP contribution in [-0.2, 0) is 16.2 Å². The number of aromatic hydroxyl groups is 1. The SMILES string of the molecule is O=C(NOCc1ccc(Cl)cc1)[C@@H]1c2ccccc2C(=O)N(c2ccccc2O)[C@H]1c1ccc(Cl)cc1. The smallest absolute Gasteiger partial charge is 0.259 e. The molecular weight excluding hydrogens is 511 g/mol. The van der Waals surface area contributed by atoms with Crippen molar-refractivity contribution in [2.45, 2.75) is 18.6 Å². The molecular formula is C29H22Cl2N2O4. The molecule has 0 spiro atoms. The highest BCUT2D eigenvalue weighted by Crippen LogP contribution is 2.47. The molecule has 0 radical (unpaired) electrons. The van der Waals surface area contributed by atoms with E-state index >= 15 is 0 Å². The average molecular weight is 533 g/mol. The average Bonchev–Trinajstić information content (AvgIpc) is 2.91. The molecule has 2 atom stereocenters. The zero-order valence-corrected chi connectivity index (χ0v) is 21.0. The number of hydrogen-bond donors (Lipinski definition) is 2. The van der Waals surface area contributed by atoms with Gasteiger partial charge in [-0.15, -0.1) is 0 Å². The van der Waals surface area contributed by atoms with Gasteiger partial charge in [0.2, 0.25) is 0 Å². The van der Waals surface area contributed by atoms with Crippen LogP contribution in [0.2, 0.25) is 10.0 Å². The van der Waals surface area contributed by atoms with Gasteiger partial charge in [-0.1, -0.05) is 77.8 Å². The van der Waals surface area contributed by atoms with Crippen LogP contribution in [0.5, 0.6) is 5.75 Å². The number of carbonyl (C=O) groups excluding carboxylic acids is 2. The van der Waals surface area contributed by atoms with Crippen molar-refractivity contribution in [3.05, 3.63) is 129 Å². The summed E-state index contributed by atoms with van der Waals surface area (Å²) in [6.07, 6.45) is 0. The Hall–Kier alpha value is -3.84. The summed E-state index contributed by atoms with van der Waals surface area (Å²) >= 11 is 12.1. The van der Waals surface area contributed by atoms with E-state index in [4.69, 9.17) is 28.0 Å². The van der Waals surface area contributed by atoms with Gasteiger partial charge < -0.3 is 5.11 Å². The van der Waals surface area contributed by atoms with E-state index in [0.29, 0.717) is 32.4 Å². The topological polar surface area (TPSA) is 78.9 Å². The fourth-order valence-electron chi connectivity index (χ4n) is 4.59. The molecule has 4 aromatic rings. The molecule has 0 unspecified atom stereocenters. The maximum atomic E-state index is 13.8. The molecule has 37 heavy (non-hydrogen) atoms. The predicted molar refractivity (Wildman–Crippen MR) is 143 cm³/mol. The number of rotatable bonds is 6. The molecule has 4 aromatic carbocycles. The van der Waals surface area contributed by atoms with Crippen LogP contribution >= 0.6 is 23.2 Å². The zero-order chi connectivity index (χ0) is 25.9. The van der Waals surface area contributed by atoms with E-state index in [1.165, 1.54) is 11.0 Å². The standard InChI is InChI=1S/C29H22Cl2N2O4/c30-20-13-9-18(10-14-20)17-37-32-28(35)26-22-5-1-2-6-23(22)29(36)33(24-7-3-4-8-25(24)34)27(26)19-11-15-21(31)16-12-19/h1-16,26-27,34H,17H2,(H,32,35)/t26-,27+/m1/s1. The van der Waals surface area contributed by atoms with Gasteiger partial charge in [-0.2, -0.15) is 0 Å². The molecule has 0 bridgehead atoms.